The van der Waals surface area contributed by atoms with Gasteiger partial charge in [-0.1, -0.05) is 11.6 Å². The van der Waals surface area contributed by atoms with Gasteiger partial charge in [0.1, 0.15) is 0 Å². The molecule has 1 aromatic heterocycles. The minimum Gasteiger partial charge on any atom is -0.355 e. The fraction of sp³-hybridized carbons (Fsp3) is 0.600. The second-order valence-electron chi connectivity index (χ2n) is 3.82. The van der Waals surface area contributed by atoms with Crippen molar-refractivity contribution in [3.05, 3.63) is 17.3 Å². The molecule has 1 aliphatic heterocycles. The first kappa shape index (κ1) is 11.0. The average Bonchev–Trinajstić information content (AvgIpc) is 2.30. The highest BCUT2D eigenvalue weighted by atomic mass is 35.5. The Labute approximate surface area is 99.4 Å². The maximum absolute atomic E-state index is 5.87. The van der Waals surface area contributed by atoms with Gasteiger partial charge in [-0.3, -0.25) is 0 Å². The molecule has 5 heteroatoms. The van der Waals surface area contributed by atoms with Gasteiger partial charge in [-0.15, -0.1) is 21.8 Å². The van der Waals surface area contributed by atoms with Crippen LogP contribution in [0.3, 0.4) is 0 Å². The zero-order valence-corrected chi connectivity index (χ0v) is 9.88. The summed E-state index contributed by atoms with van der Waals surface area (Å²) >= 11 is 11.6. The molecule has 2 heterocycles. The summed E-state index contributed by atoms with van der Waals surface area (Å²) < 4.78 is 0. The molecule has 0 bridgehead atoms. The van der Waals surface area contributed by atoms with Gasteiger partial charge in [-0.2, -0.15) is 0 Å². The van der Waals surface area contributed by atoms with E-state index in [1.54, 1.807) is 6.07 Å². The molecule has 0 unspecified atom stereocenters. The fourth-order valence-corrected chi connectivity index (χ4v) is 2.23. The number of nitrogens with zero attached hydrogens (tertiary/aromatic N) is 3. The number of hydrogen-bond acceptors (Lipinski definition) is 3. The lowest BCUT2D eigenvalue weighted by molar-refractivity contribution is 0.448. The Morgan fingerprint density at radius 1 is 1.40 bits per heavy atom. The number of anilines is 1. The van der Waals surface area contributed by atoms with Gasteiger partial charge in [0.05, 0.1) is 0 Å². The lowest BCUT2D eigenvalue weighted by Gasteiger charge is -2.32. The molecule has 0 N–H and O–H groups in total. The second-order valence-corrected chi connectivity index (χ2v) is 4.52. The zero-order chi connectivity index (χ0) is 10.7. The van der Waals surface area contributed by atoms with Crippen LogP contribution in [0.25, 0.3) is 0 Å². The van der Waals surface area contributed by atoms with Gasteiger partial charge < -0.3 is 4.90 Å². The van der Waals surface area contributed by atoms with Gasteiger partial charge in [0.25, 0.3) is 0 Å². The number of halogens is 2. The third-order valence-electron chi connectivity index (χ3n) is 2.68. The summed E-state index contributed by atoms with van der Waals surface area (Å²) in [6, 6.07) is 3.68. The van der Waals surface area contributed by atoms with Crippen molar-refractivity contribution in [1.82, 2.24) is 10.2 Å². The molecule has 0 saturated carbocycles. The minimum atomic E-state index is 0.435. The number of aromatic nitrogens is 2. The maximum Gasteiger partial charge on any atom is 0.151 e. The van der Waals surface area contributed by atoms with Gasteiger partial charge in [0, 0.05) is 19.0 Å². The Bertz CT molecular complexity index is 315. The van der Waals surface area contributed by atoms with Crippen molar-refractivity contribution in [3.63, 3.8) is 0 Å². The van der Waals surface area contributed by atoms with Gasteiger partial charge in [-0.05, 0) is 30.9 Å². The zero-order valence-electron chi connectivity index (χ0n) is 8.37. The molecular formula is C10H13Cl2N3. The fourth-order valence-electron chi connectivity index (χ4n) is 1.88. The minimum absolute atomic E-state index is 0.435. The van der Waals surface area contributed by atoms with Crippen LogP contribution in [0, 0.1) is 5.92 Å². The molecule has 2 rings (SSSR count). The quantitative estimate of drug-likeness (QED) is 0.751. The van der Waals surface area contributed by atoms with E-state index >= 15 is 0 Å². The lowest BCUT2D eigenvalue weighted by atomic mass is 10.0. The largest absolute Gasteiger partial charge is 0.355 e. The van der Waals surface area contributed by atoms with Crippen LogP contribution in [0.4, 0.5) is 5.82 Å². The van der Waals surface area contributed by atoms with E-state index in [9.17, 15) is 0 Å². The summed E-state index contributed by atoms with van der Waals surface area (Å²) in [6.45, 7) is 2.00. The van der Waals surface area contributed by atoms with Crippen LogP contribution in [0.5, 0.6) is 0 Å². The van der Waals surface area contributed by atoms with Crippen LogP contribution >= 0.6 is 23.2 Å². The molecule has 0 radical (unpaired) electrons. The Morgan fingerprint density at radius 3 is 2.93 bits per heavy atom. The van der Waals surface area contributed by atoms with E-state index < -0.39 is 0 Å². The molecule has 3 nitrogen and oxygen atoms in total. The van der Waals surface area contributed by atoms with Crippen LogP contribution < -0.4 is 4.90 Å². The van der Waals surface area contributed by atoms with E-state index in [4.69, 9.17) is 23.2 Å². The molecule has 0 amide bonds. The van der Waals surface area contributed by atoms with Gasteiger partial charge in [0.2, 0.25) is 0 Å². The smallest absolute Gasteiger partial charge is 0.151 e. The predicted octanol–water partition coefficient (Wildman–Crippen LogP) is 2.59. The Balaban J connectivity index is 2.06. The molecule has 1 saturated heterocycles. The van der Waals surface area contributed by atoms with E-state index in [-0.39, 0.29) is 0 Å². The standard InChI is InChI=1S/C10H13Cl2N3/c11-6-8-2-1-5-15(7-8)10-4-3-9(12)13-14-10/h3-4,8H,1-2,5-7H2/t8-/m0/s1. The number of hydrogen-bond donors (Lipinski definition) is 0. The predicted molar refractivity (Wildman–Crippen MR) is 62.7 cm³/mol. The van der Waals surface area contributed by atoms with Crippen molar-refractivity contribution < 1.29 is 0 Å². The van der Waals surface area contributed by atoms with Gasteiger partial charge in [0.15, 0.2) is 11.0 Å². The number of rotatable bonds is 2. The molecule has 1 fully saturated rings. The van der Waals surface area contributed by atoms with Crippen LogP contribution in [0.15, 0.2) is 12.1 Å². The van der Waals surface area contributed by atoms with E-state index in [1.165, 1.54) is 12.8 Å². The van der Waals surface area contributed by atoms with Gasteiger partial charge in [-0.25, -0.2) is 0 Å². The first-order valence-corrected chi connectivity index (χ1v) is 6.01. The monoisotopic (exact) mass is 245 g/mol. The van der Waals surface area contributed by atoms with E-state index in [1.807, 2.05) is 6.07 Å². The van der Waals surface area contributed by atoms with Crippen molar-refractivity contribution in [2.24, 2.45) is 5.92 Å². The SMILES string of the molecule is ClC[C@@H]1CCCN(c2ccc(Cl)nn2)C1. The summed E-state index contributed by atoms with van der Waals surface area (Å²) in [5.74, 6) is 2.18. The average molecular weight is 246 g/mol. The summed E-state index contributed by atoms with van der Waals surface area (Å²) in [5, 5.41) is 8.35. The molecule has 1 atom stereocenters. The van der Waals surface area contributed by atoms with Crippen LogP contribution in [-0.4, -0.2) is 29.2 Å². The molecule has 1 aliphatic rings. The van der Waals surface area contributed by atoms with E-state index in [2.05, 4.69) is 15.1 Å². The summed E-state index contributed by atoms with van der Waals surface area (Å²) in [4.78, 5) is 2.22. The van der Waals surface area contributed by atoms with E-state index in [0.29, 0.717) is 11.1 Å². The van der Waals surface area contributed by atoms with Crippen LogP contribution in [0.2, 0.25) is 5.15 Å². The highest BCUT2D eigenvalue weighted by molar-refractivity contribution is 6.29. The third-order valence-corrected chi connectivity index (χ3v) is 3.32. The molecule has 1 aromatic rings. The summed E-state index contributed by atoms with van der Waals surface area (Å²) in [5.41, 5.74) is 0. The first-order valence-electron chi connectivity index (χ1n) is 5.09. The normalized spacial score (nSPS) is 21.7. The Hall–Kier alpha value is -0.540. The van der Waals surface area contributed by atoms with Crippen LogP contribution in [-0.2, 0) is 0 Å². The van der Waals surface area contributed by atoms with E-state index in [0.717, 1.165) is 24.8 Å². The van der Waals surface area contributed by atoms with Gasteiger partial charge >= 0.3 is 0 Å². The number of piperidine rings is 1. The maximum atomic E-state index is 5.87. The first-order chi connectivity index (χ1) is 7.29. The molecule has 82 valence electrons. The highest BCUT2D eigenvalue weighted by Crippen LogP contribution is 2.22. The second kappa shape index (κ2) is 4.99. The van der Waals surface area contributed by atoms with Crippen molar-refractivity contribution in [2.75, 3.05) is 23.9 Å². The van der Waals surface area contributed by atoms with Crippen LogP contribution in [0.1, 0.15) is 12.8 Å². The third kappa shape index (κ3) is 2.73. The van der Waals surface area contributed by atoms with Crippen molar-refractivity contribution in [2.45, 2.75) is 12.8 Å². The summed E-state index contributed by atoms with van der Waals surface area (Å²) in [6.07, 6.45) is 2.38. The molecule has 15 heavy (non-hydrogen) atoms. The molecule has 0 spiro atoms. The Morgan fingerprint density at radius 2 is 2.27 bits per heavy atom. The summed E-state index contributed by atoms with van der Waals surface area (Å²) in [7, 11) is 0. The Kier molecular flexibility index (Phi) is 3.65. The number of alkyl halides is 1. The van der Waals surface area contributed by atoms with Crippen molar-refractivity contribution >= 4 is 29.0 Å². The topological polar surface area (TPSA) is 29.0 Å². The highest BCUT2D eigenvalue weighted by Gasteiger charge is 2.20. The lowest BCUT2D eigenvalue weighted by Crippen LogP contribution is -2.36. The van der Waals surface area contributed by atoms with Crippen molar-refractivity contribution in [3.8, 4) is 0 Å². The molecular weight excluding hydrogens is 233 g/mol. The molecule has 0 aromatic carbocycles. The molecule has 0 aliphatic carbocycles. The van der Waals surface area contributed by atoms with Crippen molar-refractivity contribution in [1.29, 1.82) is 0 Å².